The van der Waals surface area contributed by atoms with E-state index in [2.05, 4.69) is 31.8 Å². The Balaban J connectivity index is 1.39. The lowest BCUT2D eigenvalue weighted by molar-refractivity contribution is 0.475. The number of aryl methyl sites for hydroxylation is 2. The van der Waals surface area contributed by atoms with E-state index in [0.717, 1.165) is 33.4 Å². The van der Waals surface area contributed by atoms with E-state index in [4.69, 9.17) is 21.1 Å². The molecule has 9 heteroatoms. The largest absolute Gasteiger partial charge is 0.457 e. The van der Waals surface area contributed by atoms with E-state index in [1.54, 1.807) is 18.3 Å². The van der Waals surface area contributed by atoms with Crippen LogP contribution in [0, 0.1) is 6.92 Å². The molecule has 0 atom stereocenters. The zero-order chi connectivity index (χ0) is 25.8. The zero-order valence-electron chi connectivity index (χ0n) is 20.2. The number of rotatable bonds is 7. The second-order valence-electron chi connectivity index (χ2n) is 8.17. The van der Waals surface area contributed by atoms with Crippen molar-refractivity contribution in [3.05, 3.63) is 108 Å². The van der Waals surface area contributed by atoms with Crippen molar-refractivity contribution in [1.82, 2.24) is 19.5 Å². The van der Waals surface area contributed by atoms with Crippen molar-refractivity contribution in [2.75, 3.05) is 5.32 Å². The molecular formula is C28H23ClN6O2. The first-order valence-electron chi connectivity index (χ1n) is 11.4. The van der Waals surface area contributed by atoms with E-state index >= 15 is 0 Å². The molecule has 2 aromatic carbocycles. The van der Waals surface area contributed by atoms with Gasteiger partial charge in [-0.2, -0.15) is 0 Å². The van der Waals surface area contributed by atoms with Crippen LogP contribution >= 0.6 is 11.6 Å². The van der Waals surface area contributed by atoms with Crippen LogP contribution in [0.15, 0.2) is 97.2 Å². The van der Waals surface area contributed by atoms with Crippen molar-refractivity contribution in [2.24, 2.45) is 12.0 Å². The van der Waals surface area contributed by atoms with Crippen LogP contribution < -0.4 is 20.3 Å². The maximum absolute atomic E-state index is 6.12. The van der Waals surface area contributed by atoms with E-state index in [9.17, 15) is 0 Å². The molecule has 3 aromatic heterocycles. The minimum absolute atomic E-state index is 0.361. The zero-order valence-corrected chi connectivity index (χ0v) is 21.0. The van der Waals surface area contributed by atoms with Gasteiger partial charge in [0.1, 0.15) is 45.8 Å². The summed E-state index contributed by atoms with van der Waals surface area (Å²) in [6.45, 7) is 5.65. The van der Waals surface area contributed by atoms with E-state index < -0.39 is 0 Å². The second-order valence-corrected chi connectivity index (χ2v) is 8.56. The number of nitrogens with zero attached hydrogens (tertiary/aromatic N) is 5. The third kappa shape index (κ3) is 5.60. The smallest absolute Gasteiger partial charge is 0.141 e. The fraction of sp³-hybridized carbons (Fsp3) is 0.0714. The van der Waals surface area contributed by atoms with Gasteiger partial charge >= 0.3 is 0 Å². The number of anilines is 2. The first-order valence-corrected chi connectivity index (χ1v) is 11.8. The summed E-state index contributed by atoms with van der Waals surface area (Å²) < 4.78 is 14.0. The molecule has 3 heterocycles. The normalized spacial score (nSPS) is 11.4. The molecule has 0 amide bonds. The van der Waals surface area contributed by atoms with Crippen LogP contribution in [0.3, 0.4) is 0 Å². The van der Waals surface area contributed by atoms with Gasteiger partial charge in [-0.25, -0.2) is 19.9 Å². The first-order chi connectivity index (χ1) is 18.0. The number of aromatic nitrogens is 4. The highest BCUT2D eigenvalue weighted by molar-refractivity contribution is 6.29. The highest BCUT2D eigenvalue weighted by atomic mass is 35.5. The topological polar surface area (TPSA) is 86.4 Å². The summed E-state index contributed by atoms with van der Waals surface area (Å²) in [5, 5.41) is 4.56. The Morgan fingerprint density at radius 1 is 0.946 bits per heavy atom. The van der Waals surface area contributed by atoms with Gasteiger partial charge < -0.3 is 19.4 Å². The molecule has 0 saturated carbocycles. The van der Waals surface area contributed by atoms with Gasteiger partial charge in [-0.05, 0) is 61.0 Å². The lowest BCUT2D eigenvalue weighted by atomic mass is 10.2. The summed E-state index contributed by atoms with van der Waals surface area (Å²) in [7, 11) is 1.92. The summed E-state index contributed by atoms with van der Waals surface area (Å²) in [4.78, 5) is 17.1. The molecule has 0 aliphatic carbocycles. The lowest BCUT2D eigenvalue weighted by Crippen LogP contribution is -2.15. The van der Waals surface area contributed by atoms with Crippen molar-refractivity contribution >= 4 is 34.0 Å². The van der Waals surface area contributed by atoms with Gasteiger partial charge in [-0.3, -0.25) is 0 Å². The molecule has 0 fully saturated rings. The van der Waals surface area contributed by atoms with Gasteiger partial charge in [0.2, 0.25) is 0 Å². The van der Waals surface area contributed by atoms with Crippen molar-refractivity contribution in [3.8, 4) is 23.0 Å². The van der Waals surface area contributed by atoms with Gasteiger partial charge in [-0.15, -0.1) is 0 Å². The summed E-state index contributed by atoms with van der Waals surface area (Å²) in [5.74, 6) is 3.30. The Kier molecular flexibility index (Phi) is 6.83. The third-order valence-electron chi connectivity index (χ3n) is 5.52. The minimum Gasteiger partial charge on any atom is -0.457 e. The van der Waals surface area contributed by atoms with Crippen molar-refractivity contribution in [1.29, 1.82) is 0 Å². The average Bonchev–Trinajstić information content (AvgIpc) is 2.88. The van der Waals surface area contributed by atoms with E-state index in [1.807, 2.05) is 73.3 Å². The minimum atomic E-state index is 0.361. The summed E-state index contributed by atoms with van der Waals surface area (Å²) in [5.41, 5.74) is 3.35. The predicted octanol–water partition coefficient (Wildman–Crippen LogP) is 6.70. The molecule has 37 heavy (non-hydrogen) atoms. The number of hydrogen-bond acceptors (Lipinski definition) is 7. The molecule has 0 radical (unpaired) electrons. The molecule has 0 aliphatic heterocycles. The highest BCUT2D eigenvalue weighted by Gasteiger charge is 2.09. The number of nitrogens with one attached hydrogen (secondary N) is 1. The maximum Gasteiger partial charge on any atom is 0.141 e. The monoisotopic (exact) mass is 510 g/mol. The highest BCUT2D eigenvalue weighted by Crippen LogP contribution is 2.32. The number of fused-ring (bicyclic) bond motifs is 1. The van der Waals surface area contributed by atoms with Crippen LogP contribution in [0.1, 0.15) is 5.56 Å². The van der Waals surface area contributed by atoms with E-state index in [0.29, 0.717) is 28.2 Å². The molecule has 5 aromatic rings. The molecule has 8 nitrogen and oxygen atoms in total. The van der Waals surface area contributed by atoms with Crippen LogP contribution in [-0.4, -0.2) is 19.5 Å². The molecule has 0 unspecified atom stereocenters. The van der Waals surface area contributed by atoms with Gasteiger partial charge in [0, 0.05) is 48.8 Å². The molecular weight excluding hydrogens is 488 g/mol. The molecule has 184 valence electrons. The Bertz CT molecular complexity index is 1680. The summed E-state index contributed by atoms with van der Waals surface area (Å²) in [6, 6.07) is 18.6. The second kappa shape index (κ2) is 10.5. The van der Waals surface area contributed by atoms with Gasteiger partial charge in [0.15, 0.2) is 0 Å². The first kappa shape index (κ1) is 24.0. The molecule has 0 spiro atoms. The van der Waals surface area contributed by atoms with Crippen molar-refractivity contribution < 1.29 is 9.47 Å². The molecule has 1 N–H and O–H groups in total. The molecule has 0 saturated heterocycles. The van der Waals surface area contributed by atoms with E-state index in [1.165, 1.54) is 12.5 Å². The Hall–Kier alpha value is -4.69. The van der Waals surface area contributed by atoms with Gasteiger partial charge in [-0.1, -0.05) is 18.2 Å². The van der Waals surface area contributed by atoms with E-state index in [-0.39, 0.29) is 0 Å². The standard InChI is InChI=1S/C28H23ClN6O2/c1-4-30-27-16-22(10-12-35(27)3)37-25-8-5-19(13-18(25)2)34-28-23-14-20(6-7-24(23)32-17-33-28)36-21-9-11-31-26(29)15-21/h4-17H,1H2,2-3H3,(H,32,33,34)/b30-27-. The van der Waals surface area contributed by atoms with Crippen LogP contribution in [0.4, 0.5) is 11.5 Å². The van der Waals surface area contributed by atoms with Gasteiger partial charge in [0.05, 0.1) is 5.52 Å². The van der Waals surface area contributed by atoms with Crippen LogP contribution in [0.25, 0.3) is 10.9 Å². The number of benzene rings is 2. The fourth-order valence-electron chi connectivity index (χ4n) is 3.71. The SMILES string of the molecule is C=C/N=c1/cc(Oc2ccc(Nc3ncnc4ccc(Oc5ccnc(Cl)c5)cc34)cc2C)ccn1C. The third-order valence-corrected chi connectivity index (χ3v) is 5.73. The van der Waals surface area contributed by atoms with Crippen LogP contribution in [0.5, 0.6) is 23.0 Å². The van der Waals surface area contributed by atoms with Crippen molar-refractivity contribution in [3.63, 3.8) is 0 Å². The number of pyridine rings is 2. The number of halogens is 1. The number of hydrogen-bond donors (Lipinski definition) is 1. The molecule has 5 rings (SSSR count). The molecule has 0 bridgehead atoms. The Labute approximate surface area is 218 Å². The quantitative estimate of drug-likeness (QED) is 0.245. The fourth-order valence-corrected chi connectivity index (χ4v) is 3.88. The summed E-state index contributed by atoms with van der Waals surface area (Å²) >= 11 is 5.98. The van der Waals surface area contributed by atoms with Crippen LogP contribution in [0.2, 0.25) is 5.15 Å². The Morgan fingerprint density at radius 2 is 1.78 bits per heavy atom. The van der Waals surface area contributed by atoms with Crippen molar-refractivity contribution in [2.45, 2.75) is 6.92 Å². The summed E-state index contributed by atoms with van der Waals surface area (Å²) in [6.07, 6.45) is 6.52. The predicted molar refractivity (Wildman–Crippen MR) is 145 cm³/mol. The number of ether oxygens (including phenoxy) is 2. The van der Waals surface area contributed by atoms with Crippen LogP contribution in [-0.2, 0) is 7.05 Å². The van der Waals surface area contributed by atoms with Gasteiger partial charge in [0.25, 0.3) is 0 Å². The maximum atomic E-state index is 6.12. The Morgan fingerprint density at radius 3 is 2.59 bits per heavy atom. The lowest BCUT2D eigenvalue weighted by Gasteiger charge is -2.13. The average molecular weight is 511 g/mol. The molecule has 0 aliphatic rings.